The molecule has 0 bridgehead atoms. The van der Waals surface area contributed by atoms with Crippen LogP contribution in [0, 0.1) is 13.8 Å². The second kappa shape index (κ2) is 16.3. The molecular weight excluding hydrogens is 709 g/mol. The van der Waals surface area contributed by atoms with E-state index in [1.165, 1.54) is 18.5 Å². The maximum absolute atomic E-state index is 13.2. The summed E-state index contributed by atoms with van der Waals surface area (Å²) in [6.45, 7) is 3.89. The molecule has 0 saturated heterocycles. The minimum absolute atomic E-state index is 0.180. The fourth-order valence-electron chi connectivity index (χ4n) is 5.30. The van der Waals surface area contributed by atoms with Crippen molar-refractivity contribution in [1.82, 2.24) is 29.9 Å². The Morgan fingerprint density at radius 3 is 1.02 bits per heavy atom. The second-order valence-electron chi connectivity index (χ2n) is 12.5. The molecule has 4 N–H and O–H groups in total. The van der Waals surface area contributed by atoms with Crippen LogP contribution in [0.3, 0.4) is 0 Å². The third-order valence-electron chi connectivity index (χ3n) is 8.25. The standard InChI is InChI=1S/C42H32N10O4/c1-25-12-16-31(43-21-25)33-18-14-29(23-45-33)41(55)51-37-10-4-8-35(47-37)49-39(53)27-6-3-7-28(20-27)40(54)50-36-9-5-11-38(48-36)52-42(56)30-15-19-34(46-24-30)32-17-13-26(2)22-44-32/h3-24H,1-2H3,(H2,47,49,51,53,55)(H2,48,50,52,54,56). The van der Waals surface area contributed by atoms with E-state index in [9.17, 15) is 19.2 Å². The largest absolute Gasteiger partial charge is 0.306 e. The van der Waals surface area contributed by atoms with Crippen LogP contribution in [0.25, 0.3) is 22.8 Å². The maximum Gasteiger partial charge on any atom is 0.258 e. The van der Waals surface area contributed by atoms with Crippen LogP contribution in [0.2, 0.25) is 0 Å². The van der Waals surface area contributed by atoms with Crippen molar-refractivity contribution >= 4 is 46.9 Å². The minimum Gasteiger partial charge on any atom is -0.306 e. The summed E-state index contributed by atoms with van der Waals surface area (Å²) in [7, 11) is 0. The Bertz CT molecular complexity index is 2390. The lowest BCUT2D eigenvalue weighted by Gasteiger charge is -2.10. The van der Waals surface area contributed by atoms with Crippen LogP contribution in [0.5, 0.6) is 0 Å². The van der Waals surface area contributed by atoms with Gasteiger partial charge in [-0.1, -0.05) is 30.3 Å². The van der Waals surface area contributed by atoms with Gasteiger partial charge in [0.2, 0.25) is 0 Å². The fourth-order valence-corrected chi connectivity index (χ4v) is 5.30. The molecule has 0 aliphatic rings. The molecule has 14 nitrogen and oxygen atoms in total. The Labute approximate surface area is 320 Å². The van der Waals surface area contributed by atoms with Crippen LogP contribution in [0.15, 0.2) is 134 Å². The van der Waals surface area contributed by atoms with Crippen LogP contribution in [0.1, 0.15) is 52.6 Å². The monoisotopic (exact) mass is 740 g/mol. The molecule has 0 aliphatic heterocycles. The van der Waals surface area contributed by atoms with Crippen molar-refractivity contribution in [3.8, 4) is 22.8 Å². The first-order chi connectivity index (χ1) is 27.2. The Kier molecular flexibility index (Phi) is 10.6. The summed E-state index contributed by atoms with van der Waals surface area (Å²) in [5, 5.41) is 10.8. The molecule has 6 aromatic heterocycles. The predicted octanol–water partition coefficient (Wildman–Crippen LogP) is 7.02. The number of hydrogen-bond acceptors (Lipinski definition) is 10. The molecule has 14 heteroatoms. The number of rotatable bonds is 10. The van der Waals surface area contributed by atoms with Gasteiger partial charge in [0.25, 0.3) is 23.6 Å². The number of carbonyl (C=O) groups is 4. The highest BCUT2D eigenvalue weighted by molar-refractivity contribution is 6.09. The van der Waals surface area contributed by atoms with Crippen molar-refractivity contribution in [3.63, 3.8) is 0 Å². The van der Waals surface area contributed by atoms with E-state index < -0.39 is 23.6 Å². The van der Waals surface area contributed by atoms with Crippen molar-refractivity contribution in [2.45, 2.75) is 13.8 Å². The highest BCUT2D eigenvalue weighted by atomic mass is 16.2. The topological polar surface area (TPSA) is 194 Å². The number of nitrogens with one attached hydrogen (secondary N) is 4. The quantitative estimate of drug-likeness (QED) is 0.113. The number of benzene rings is 1. The number of hydrogen-bond donors (Lipinski definition) is 4. The summed E-state index contributed by atoms with van der Waals surface area (Å²) in [6, 6.07) is 30.0. The lowest BCUT2D eigenvalue weighted by Crippen LogP contribution is -2.18. The number of aromatic nitrogens is 6. The number of aryl methyl sites for hydroxylation is 2. The molecule has 0 aliphatic carbocycles. The summed E-state index contributed by atoms with van der Waals surface area (Å²) in [5.41, 5.74) is 5.71. The summed E-state index contributed by atoms with van der Waals surface area (Å²) >= 11 is 0. The number of amides is 4. The number of pyridine rings is 6. The van der Waals surface area contributed by atoms with Crippen molar-refractivity contribution in [1.29, 1.82) is 0 Å². The maximum atomic E-state index is 13.2. The van der Waals surface area contributed by atoms with Crippen LogP contribution >= 0.6 is 0 Å². The molecule has 0 fully saturated rings. The van der Waals surface area contributed by atoms with E-state index in [1.807, 2.05) is 38.1 Å². The van der Waals surface area contributed by atoms with Crippen molar-refractivity contribution in [2.75, 3.05) is 21.3 Å². The van der Waals surface area contributed by atoms with Gasteiger partial charge in [0.15, 0.2) is 0 Å². The van der Waals surface area contributed by atoms with E-state index in [-0.39, 0.29) is 34.4 Å². The first-order valence-electron chi connectivity index (χ1n) is 17.2. The second-order valence-corrected chi connectivity index (χ2v) is 12.5. The van der Waals surface area contributed by atoms with Gasteiger partial charge in [-0.25, -0.2) is 9.97 Å². The third-order valence-corrected chi connectivity index (χ3v) is 8.25. The fraction of sp³-hybridized carbons (Fsp3) is 0.0476. The summed E-state index contributed by atoms with van der Waals surface area (Å²) < 4.78 is 0. The van der Waals surface area contributed by atoms with E-state index in [0.29, 0.717) is 33.9 Å². The molecule has 7 aromatic rings. The molecule has 0 atom stereocenters. The average Bonchev–Trinajstić information content (AvgIpc) is 3.22. The van der Waals surface area contributed by atoms with Crippen molar-refractivity contribution in [2.24, 2.45) is 0 Å². The van der Waals surface area contributed by atoms with E-state index in [4.69, 9.17) is 0 Å². The van der Waals surface area contributed by atoms with Gasteiger partial charge in [0, 0.05) is 35.9 Å². The molecule has 274 valence electrons. The lowest BCUT2D eigenvalue weighted by molar-refractivity contribution is 0.101. The van der Waals surface area contributed by atoms with Crippen molar-refractivity contribution in [3.05, 3.63) is 167 Å². The highest BCUT2D eigenvalue weighted by Gasteiger charge is 2.15. The molecule has 56 heavy (non-hydrogen) atoms. The van der Waals surface area contributed by atoms with Crippen LogP contribution < -0.4 is 21.3 Å². The molecule has 0 spiro atoms. The number of nitrogens with zero attached hydrogens (tertiary/aromatic N) is 6. The minimum atomic E-state index is -0.527. The zero-order valence-corrected chi connectivity index (χ0v) is 30.0. The molecular formula is C42H32N10O4. The zero-order valence-electron chi connectivity index (χ0n) is 30.0. The van der Waals surface area contributed by atoms with Crippen molar-refractivity contribution < 1.29 is 19.2 Å². The van der Waals surface area contributed by atoms with E-state index in [2.05, 4.69) is 51.2 Å². The first kappa shape index (κ1) is 36.4. The Morgan fingerprint density at radius 1 is 0.375 bits per heavy atom. The van der Waals surface area contributed by atoms with E-state index in [1.54, 1.807) is 91.3 Å². The van der Waals surface area contributed by atoms with Gasteiger partial charge in [-0.15, -0.1) is 0 Å². The molecule has 0 radical (unpaired) electrons. The van der Waals surface area contributed by atoms with Gasteiger partial charge >= 0.3 is 0 Å². The number of anilines is 4. The average molecular weight is 741 g/mol. The molecule has 7 rings (SSSR count). The first-order valence-corrected chi connectivity index (χ1v) is 17.2. The van der Waals surface area contributed by atoms with E-state index in [0.717, 1.165) is 11.1 Å². The molecule has 0 saturated carbocycles. The molecule has 4 amide bonds. The third kappa shape index (κ3) is 8.95. The summed E-state index contributed by atoms with van der Waals surface area (Å²) in [4.78, 5) is 78.3. The van der Waals surface area contributed by atoms with Gasteiger partial charge < -0.3 is 21.3 Å². The van der Waals surface area contributed by atoms with Gasteiger partial charge in [0.05, 0.1) is 33.9 Å². The number of carbonyl (C=O) groups excluding carboxylic acids is 4. The summed E-state index contributed by atoms with van der Waals surface area (Å²) in [5.74, 6) is -1.14. The van der Waals surface area contributed by atoms with Crippen LogP contribution in [-0.4, -0.2) is 53.5 Å². The molecule has 6 heterocycles. The SMILES string of the molecule is Cc1ccc(-c2ccc(C(=O)Nc3cccc(NC(=O)c4cccc(C(=O)Nc5cccc(NC(=O)c6ccc(-c7ccc(C)cn7)nc6)n5)c4)n3)cn2)nc1. The summed E-state index contributed by atoms with van der Waals surface area (Å²) in [6.07, 6.45) is 6.40. The predicted molar refractivity (Wildman–Crippen MR) is 211 cm³/mol. The van der Waals surface area contributed by atoms with Gasteiger partial charge in [-0.3, -0.25) is 39.1 Å². The van der Waals surface area contributed by atoms with Crippen LogP contribution in [-0.2, 0) is 0 Å². The molecule has 1 aromatic carbocycles. The smallest absolute Gasteiger partial charge is 0.258 e. The Morgan fingerprint density at radius 2 is 0.696 bits per heavy atom. The normalized spacial score (nSPS) is 10.6. The molecule has 0 unspecified atom stereocenters. The van der Waals surface area contributed by atoms with Gasteiger partial charge in [-0.05, 0) is 104 Å². The van der Waals surface area contributed by atoms with E-state index >= 15 is 0 Å². The Hall–Kier alpha value is -8.00. The van der Waals surface area contributed by atoms with Gasteiger partial charge in [0.1, 0.15) is 23.3 Å². The highest BCUT2D eigenvalue weighted by Crippen LogP contribution is 2.19. The zero-order chi connectivity index (χ0) is 39.0. The lowest BCUT2D eigenvalue weighted by atomic mass is 10.1. The van der Waals surface area contributed by atoms with Gasteiger partial charge in [-0.2, -0.15) is 0 Å². The van der Waals surface area contributed by atoms with Crippen LogP contribution in [0.4, 0.5) is 23.3 Å². The Balaban J connectivity index is 0.942.